The van der Waals surface area contributed by atoms with Gasteiger partial charge in [0.1, 0.15) is 5.00 Å². The Labute approximate surface area is 170 Å². The number of hydrogen-bond donors (Lipinski definition) is 2. The molecular formula is C21H30N2O4S. The van der Waals surface area contributed by atoms with Crippen molar-refractivity contribution in [1.29, 1.82) is 0 Å². The third-order valence-electron chi connectivity index (χ3n) is 5.60. The van der Waals surface area contributed by atoms with Gasteiger partial charge < -0.3 is 15.4 Å². The lowest BCUT2D eigenvalue weighted by molar-refractivity contribution is -0.124. The van der Waals surface area contributed by atoms with Crippen LogP contribution >= 0.6 is 11.3 Å². The van der Waals surface area contributed by atoms with Gasteiger partial charge in [0.2, 0.25) is 11.8 Å². The number of esters is 1. The number of carbonyl (C=O) groups is 3. The molecule has 2 aliphatic rings. The fourth-order valence-corrected chi connectivity index (χ4v) is 5.44. The fourth-order valence-electron chi connectivity index (χ4n) is 4.15. The molecule has 3 rings (SSSR count). The SMILES string of the molecule is CCOC(=O)c1c(NC(=O)CNC(=O)CCC2CCCC2)sc2c1CCCC2. The number of amides is 2. The summed E-state index contributed by atoms with van der Waals surface area (Å²) in [6.45, 7) is 2.00. The molecule has 1 heterocycles. The van der Waals surface area contributed by atoms with Crippen LogP contribution in [0.15, 0.2) is 0 Å². The molecule has 0 spiro atoms. The lowest BCUT2D eigenvalue weighted by Crippen LogP contribution is -2.33. The Hall–Kier alpha value is -1.89. The van der Waals surface area contributed by atoms with Gasteiger partial charge in [-0.05, 0) is 50.5 Å². The number of nitrogens with one attached hydrogen (secondary N) is 2. The number of fused-ring (bicyclic) bond motifs is 1. The third kappa shape index (κ3) is 5.34. The second-order valence-electron chi connectivity index (χ2n) is 7.65. The molecule has 154 valence electrons. The summed E-state index contributed by atoms with van der Waals surface area (Å²) in [6, 6.07) is 0. The highest BCUT2D eigenvalue weighted by atomic mass is 32.1. The van der Waals surface area contributed by atoms with E-state index in [0.29, 0.717) is 29.5 Å². The summed E-state index contributed by atoms with van der Waals surface area (Å²) in [5.74, 6) is -0.113. The molecule has 0 unspecified atom stereocenters. The Morgan fingerprint density at radius 3 is 2.57 bits per heavy atom. The average molecular weight is 407 g/mol. The van der Waals surface area contributed by atoms with E-state index in [0.717, 1.165) is 42.5 Å². The van der Waals surface area contributed by atoms with Gasteiger partial charge >= 0.3 is 5.97 Å². The monoisotopic (exact) mass is 406 g/mol. The molecule has 1 saturated carbocycles. The first-order valence-electron chi connectivity index (χ1n) is 10.5. The van der Waals surface area contributed by atoms with Crippen LogP contribution in [0.25, 0.3) is 0 Å². The standard InChI is InChI=1S/C21H30N2O4S/c1-2-27-21(26)19-15-9-5-6-10-16(15)28-20(19)23-18(25)13-22-17(24)12-11-14-7-3-4-8-14/h14H,2-13H2,1H3,(H,22,24)(H,23,25). The molecule has 2 N–H and O–H groups in total. The predicted octanol–water partition coefficient (Wildman–Crippen LogP) is 3.83. The lowest BCUT2D eigenvalue weighted by atomic mass is 9.95. The van der Waals surface area contributed by atoms with E-state index in [-0.39, 0.29) is 24.3 Å². The molecule has 1 fully saturated rings. The third-order valence-corrected chi connectivity index (χ3v) is 6.81. The summed E-state index contributed by atoms with van der Waals surface area (Å²) in [4.78, 5) is 37.9. The summed E-state index contributed by atoms with van der Waals surface area (Å²) in [5, 5.41) is 6.07. The minimum atomic E-state index is -0.377. The topological polar surface area (TPSA) is 84.5 Å². The van der Waals surface area contributed by atoms with Crippen LogP contribution in [0.5, 0.6) is 0 Å². The zero-order chi connectivity index (χ0) is 19.9. The molecule has 28 heavy (non-hydrogen) atoms. The van der Waals surface area contributed by atoms with Crippen molar-refractivity contribution in [3.05, 3.63) is 16.0 Å². The van der Waals surface area contributed by atoms with Crippen LogP contribution in [0.4, 0.5) is 5.00 Å². The normalized spacial score (nSPS) is 16.5. The highest BCUT2D eigenvalue weighted by Gasteiger charge is 2.27. The zero-order valence-electron chi connectivity index (χ0n) is 16.6. The molecule has 0 bridgehead atoms. The van der Waals surface area contributed by atoms with Crippen molar-refractivity contribution in [2.45, 2.75) is 71.1 Å². The van der Waals surface area contributed by atoms with Crippen LogP contribution in [-0.4, -0.2) is 30.9 Å². The highest BCUT2D eigenvalue weighted by molar-refractivity contribution is 7.17. The number of hydrogen-bond acceptors (Lipinski definition) is 5. The number of rotatable bonds is 8. The van der Waals surface area contributed by atoms with Crippen molar-refractivity contribution < 1.29 is 19.1 Å². The molecule has 2 amide bonds. The van der Waals surface area contributed by atoms with Crippen LogP contribution in [0.3, 0.4) is 0 Å². The first-order valence-corrected chi connectivity index (χ1v) is 11.3. The Morgan fingerprint density at radius 1 is 1.07 bits per heavy atom. The van der Waals surface area contributed by atoms with Gasteiger partial charge in [-0.3, -0.25) is 9.59 Å². The van der Waals surface area contributed by atoms with Crippen molar-refractivity contribution in [2.75, 3.05) is 18.5 Å². The molecule has 0 atom stereocenters. The number of carbonyl (C=O) groups excluding carboxylic acids is 3. The van der Waals surface area contributed by atoms with E-state index in [1.807, 2.05) is 0 Å². The molecule has 0 aliphatic heterocycles. The molecule has 1 aromatic rings. The molecular weight excluding hydrogens is 376 g/mol. The van der Waals surface area contributed by atoms with Gasteiger partial charge in [-0.1, -0.05) is 25.7 Å². The second-order valence-corrected chi connectivity index (χ2v) is 8.75. The number of aryl methyl sites for hydroxylation is 1. The zero-order valence-corrected chi connectivity index (χ0v) is 17.4. The Bertz CT molecular complexity index is 722. The van der Waals surface area contributed by atoms with Crippen molar-refractivity contribution in [2.24, 2.45) is 5.92 Å². The van der Waals surface area contributed by atoms with Crippen molar-refractivity contribution in [1.82, 2.24) is 5.32 Å². The summed E-state index contributed by atoms with van der Waals surface area (Å²) >= 11 is 1.46. The predicted molar refractivity (Wildman–Crippen MR) is 110 cm³/mol. The van der Waals surface area contributed by atoms with E-state index in [1.165, 1.54) is 37.0 Å². The van der Waals surface area contributed by atoms with E-state index in [1.54, 1.807) is 6.92 Å². The average Bonchev–Trinajstić information content (AvgIpc) is 3.32. The number of ether oxygens (including phenoxy) is 1. The van der Waals surface area contributed by atoms with Gasteiger partial charge in [-0.2, -0.15) is 0 Å². The first kappa shape index (κ1) is 20.8. The summed E-state index contributed by atoms with van der Waals surface area (Å²) in [5.41, 5.74) is 1.52. The molecule has 0 aromatic carbocycles. The van der Waals surface area contributed by atoms with E-state index in [9.17, 15) is 14.4 Å². The number of anilines is 1. The minimum absolute atomic E-state index is 0.0751. The first-order chi connectivity index (χ1) is 13.6. The van der Waals surface area contributed by atoms with Gasteiger partial charge in [0, 0.05) is 11.3 Å². The van der Waals surface area contributed by atoms with Crippen LogP contribution < -0.4 is 10.6 Å². The summed E-state index contributed by atoms with van der Waals surface area (Å²) < 4.78 is 5.20. The van der Waals surface area contributed by atoms with E-state index in [4.69, 9.17) is 4.74 Å². The molecule has 7 heteroatoms. The van der Waals surface area contributed by atoms with Gasteiger partial charge in [-0.25, -0.2) is 4.79 Å². The van der Waals surface area contributed by atoms with Crippen molar-refractivity contribution in [3.8, 4) is 0 Å². The smallest absolute Gasteiger partial charge is 0.341 e. The van der Waals surface area contributed by atoms with Crippen molar-refractivity contribution >= 4 is 34.1 Å². The van der Waals surface area contributed by atoms with Crippen LogP contribution in [-0.2, 0) is 27.2 Å². The highest BCUT2D eigenvalue weighted by Crippen LogP contribution is 2.38. The van der Waals surface area contributed by atoms with Gasteiger partial charge in [0.05, 0.1) is 18.7 Å². The Balaban J connectivity index is 1.55. The fraction of sp³-hybridized carbons (Fsp3) is 0.667. The lowest BCUT2D eigenvalue weighted by Gasteiger charge is -2.12. The summed E-state index contributed by atoms with van der Waals surface area (Å²) in [7, 11) is 0. The van der Waals surface area contributed by atoms with Gasteiger partial charge in [0.25, 0.3) is 0 Å². The molecule has 2 aliphatic carbocycles. The van der Waals surface area contributed by atoms with E-state index >= 15 is 0 Å². The minimum Gasteiger partial charge on any atom is -0.462 e. The molecule has 6 nitrogen and oxygen atoms in total. The summed E-state index contributed by atoms with van der Waals surface area (Å²) in [6.07, 6.45) is 10.2. The van der Waals surface area contributed by atoms with Crippen LogP contribution in [0.1, 0.15) is 79.1 Å². The maximum absolute atomic E-state index is 12.4. The number of thiophene rings is 1. The van der Waals surface area contributed by atoms with E-state index < -0.39 is 0 Å². The van der Waals surface area contributed by atoms with E-state index in [2.05, 4.69) is 10.6 Å². The van der Waals surface area contributed by atoms with Gasteiger partial charge in [0.15, 0.2) is 0 Å². The Morgan fingerprint density at radius 2 is 1.82 bits per heavy atom. The largest absolute Gasteiger partial charge is 0.462 e. The van der Waals surface area contributed by atoms with Crippen LogP contribution in [0, 0.1) is 5.92 Å². The quantitative estimate of drug-likeness (QED) is 0.643. The maximum Gasteiger partial charge on any atom is 0.341 e. The Kier molecular flexibility index (Phi) is 7.48. The molecule has 0 saturated heterocycles. The second kappa shape index (κ2) is 10.0. The maximum atomic E-state index is 12.4. The van der Waals surface area contributed by atoms with Gasteiger partial charge in [-0.15, -0.1) is 11.3 Å². The van der Waals surface area contributed by atoms with Crippen molar-refractivity contribution in [3.63, 3.8) is 0 Å². The molecule has 0 radical (unpaired) electrons. The van der Waals surface area contributed by atoms with Crippen LogP contribution in [0.2, 0.25) is 0 Å². The molecule has 1 aromatic heterocycles.